The Kier molecular flexibility index (Phi) is 5.20. The summed E-state index contributed by atoms with van der Waals surface area (Å²) in [6, 6.07) is 3.62. The topological polar surface area (TPSA) is 79.8 Å². The minimum absolute atomic E-state index is 0.139. The normalized spacial score (nSPS) is 11.7. The number of amides is 1. The number of pyridine rings is 1. The van der Waals surface area contributed by atoms with E-state index in [9.17, 15) is 4.79 Å². The Bertz CT molecular complexity index is 588. The first-order valence-electron chi connectivity index (χ1n) is 6.97. The Morgan fingerprint density at radius 1 is 1.29 bits per heavy atom. The molecule has 0 aliphatic carbocycles. The van der Waals surface area contributed by atoms with E-state index in [-0.39, 0.29) is 11.9 Å². The number of carbonyl (C=O) groups is 1. The molecule has 0 saturated heterocycles. The van der Waals surface area contributed by atoms with Gasteiger partial charge in [0.1, 0.15) is 11.5 Å². The third-order valence-corrected chi connectivity index (χ3v) is 2.96. The number of hydrogen-bond donors (Lipinski definition) is 2. The molecule has 2 rings (SSSR count). The smallest absolute Gasteiger partial charge is 0.272 e. The van der Waals surface area contributed by atoms with Crippen molar-refractivity contribution in [2.24, 2.45) is 0 Å². The van der Waals surface area contributed by atoms with Crippen molar-refractivity contribution in [2.45, 2.75) is 26.3 Å². The number of anilines is 1. The van der Waals surface area contributed by atoms with E-state index in [0.717, 1.165) is 18.5 Å². The van der Waals surface area contributed by atoms with Gasteiger partial charge < -0.3 is 10.6 Å². The molecule has 6 nitrogen and oxygen atoms in total. The molecule has 6 heteroatoms. The van der Waals surface area contributed by atoms with Crippen molar-refractivity contribution in [2.75, 3.05) is 11.9 Å². The summed E-state index contributed by atoms with van der Waals surface area (Å²) in [5, 5.41) is 6.00. The quantitative estimate of drug-likeness (QED) is 0.850. The summed E-state index contributed by atoms with van der Waals surface area (Å²) in [4.78, 5) is 24.5. The van der Waals surface area contributed by atoms with Crippen LogP contribution in [0.2, 0.25) is 0 Å². The van der Waals surface area contributed by atoms with Crippen LogP contribution < -0.4 is 10.6 Å². The van der Waals surface area contributed by atoms with Crippen molar-refractivity contribution in [3.8, 4) is 0 Å². The molecule has 1 unspecified atom stereocenters. The van der Waals surface area contributed by atoms with Crippen LogP contribution in [0.3, 0.4) is 0 Å². The first-order valence-corrected chi connectivity index (χ1v) is 6.97. The van der Waals surface area contributed by atoms with Gasteiger partial charge in [-0.15, -0.1) is 0 Å². The minimum Gasteiger partial charge on any atom is -0.369 e. The molecular formula is C15H19N5O. The highest BCUT2D eigenvalue weighted by Crippen LogP contribution is 2.11. The van der Waals surface area contributed by atoms with Crippen LogP contribution in [-0.4, -0.2) is 27.4 Å². The largest absolute Gasteiger partial charge is 0.369 e. The summed E-state index contributed by atoms with van der Waals surface area (Å²) in [6.45, 7) is 4.76. The molecule has 1 amide bonds. The maximum Gasteiger partial charge on any atom is 0.272 e. The first kappa shape index (κ1) is 14.9. The average Bonchev–Trinajstić information content (AvgIpc) is 2.54. The highest BCUT2D eigenvalue weighted by atomic mass is 16.1. The van der Waals surface area contributed by atoms with E-state index in [1.165, 1.54) is 6.20 Å². The molecule has 0 aliphatic rings. The van der Waals surface area contributed by atoms with Crippen molar-refractivity contribution < 1.29 is 4.79 Å². The lowest BCUT2D eigenvalue weighted by Gasteiger charge is -2.13. The van der Waals surface area contributed by atoms with Crippen LogP contribution >= 0.6 is 0 Å². The molecule has 2 aromatic heterocycles. The maximum atomic E-state index is 12.2. The van der Waals surface area contributed by atoms with Crippen LogP contribution in [0, 0.1) is 0 Å². The maximum absolute atomic E-state index is 12.2. The highest BCUT2D eigenvalue weighted by molar-refractivity contribution is 5.92. The molecule has 0 spiro atoms. The molecule has 0 bridgehead atoms. The molecule has 0 aromatic carbocycles. The molecule has 0 aliphatic heterocycles. The Morgan fingerprint density at radius 2 is 2.14 bits per heavy atom. The van der Waals surface area contributed by atoms with Gasteiger partial charge in [0.2, 0.25) is 0 Å². The zero-order chi connectivity index (χ0) is 15.1. The van der Waals surface area contributed by atoms with Crippen molar-refractivity contribution in [1.82, 2.24) is 20.3 Å². The van der Waals surface area contributed by atoms with Gasteiger partial charge in [0.05, 0.1) is 18.4 Å². The van der Waals surface area contributed by atoms with Gasteiger partial charge in [0, 0.05) is 18.9 Å². The Hall–Kier alpha value is -2.50. The van der Waals surface area contributed by atoms with Crippen molar-refractivity contribution in [3.05, 3.63) is 48.2 Å². The van der Waals surface area contributed by atoms with Crippen LogP contribution in [0.5, 0.6) is 0 Å². The predicted molar refractivity (Wildman–Crippen MR) is 80.9 cm³/mol. The lowest BCUT2D eigenvalue weighted by molar-refractivity contribution is 0.0934. The zero-order valence-corrected chi connectivity index (χ0v) is 12.2. The van der Waals surface area contributed by atoms with Gasteiger partial charge in [-0.05, 0) is 25.0 Å². The molecule has 2 aromatic rings. The van der Waals surface area contributed by atoms with Gasteiger partial charge >= 0.3 is 0 Å². The molecule has 21 heavy (non-hydrogen) atoms. The van der Waals surface area contributed by atoms with Crippen LogP contribution in [0.25, 0.3) is 0 Å². The molecule has 0 radical (unpaired) electrons. The monoisotopic (exact) mass is 285 g/mol. The fourth-order valence-corrected chi connectivity index (χ4v) is 1.80. The second-order valence-corrected chi connectivity index (χ2v) is 4.70. The fraction of sp³-hybridized carbons (Fsp3) is 0.333. The van der Waals surface area contributed by atoms with Crippen molar-refractivity contribution in [1.29, 1.82) is 0 Å². The van der Waals surface area contributed by atoms with Gasteiger partial charge in [0.15, 0.2) is 0 Å². The second-order valence-electron chi connectivity index (χ2n) is 4.70. The van der Waals surface area contributed by atoms with Crippen LogP contribution in [0.1, 0.15) is 42.4 Å². The number of aromatic nitrogens is 3. The average molecular weight is 285 g/mol. The number of rotatable bonds is 6. The lowest BCUT2D eigenvalue weighted by Crippen LogP contribution is -2.27. The fourth-order valence-electron chi connectivity index (χ4n) is 1.80. The number of hydrogen-bond acceptors (Lipinski definition) is 5. The van der Waals surface area contributed by atoms with Crippen LogP contribution in [0.4, 0.5) is 5.82 Å². The zero-order valence-electron chi connectivity index (χ0n) is 12.2. The molecule has 1 atom stereocenters. The van der Waals surface area contributed by atoms with Gasteiger partial charge in [-0.1, -0.05) is 13.0 Å². The summed E-state index contributed by atoms with van der Waals surface area (Å²) >= 11 is 0. The third-order valence-electron chi connectivity index (χ3n) is 2.96. The van der Waals surface area contributed by atoms with E-state index in [4.69, 9.17) is 0 Å². The van der Waals surface area contributed by atoms with E-state index in [1.54, 1.807) is 18.6 Å². The van der Waals surface area contributed by atoms with E-state index >= 15 is 0 Å². The molecule has 0 saturated carbocycles. The lowest BCUT2D eigenvalue weighted by atomic mass is 10.1. The predicted octanol–water partition coefficient (Wildman–Crippen LogP) is 2.18. The number of nitrogens with zero attached hydrogens (tertiary/aromatic N) is 3. The van der Waals surface area contributed by atoms with Gasteiger partial charge in [-0.2, -0.15) is 0 Å². The summed E-state index contributed by atoms with van der Waals surface area (Å²) in [6.07, 6.45) is 7.48. The molecule has 2 heterocycles. The molecule has 2 N–H and O–H groups in total. The third kappa shape index (κ3) is 4.24. The van der Waals surface area contributed by atoms with Crippen LogP contribution in [-0.2, 0) is 0 Å². The van der Waals surface area contributed by atoms with Crippen molar-refractivity contribution in [3.63, 3.8) is 0 Å². The van der Waals surface area contributed by atoms with Gasteiger partial charge in [-0.3, -0.25) is 14.8 Å². The summed E-state index contributed by atoms with van der Waals surface area (Å²) < 4.78 is 0. The van der Waals surface area contributed by atoms with Crippen LogP contribution in [0.15, 0.2) is 36.9 Å². The summed E-state index contributed by atoms with van der Waals surface area (Å²) in [7, 11) is 0. The number of nitrogens with one attached hydrogen (secondary N) is 2. The van der Waals surface area contributed by atoms with E-state index in [2.05, 4.69) is 32.5 Å². The first-order chi connectivity index (χ1) is 10.2. The van der Waals surface area contributed by atoms with Gasteiger partial charge in [-0.25, -0.2) is 4.98 Å². The minimum atomic E-state index is -0.251. The molecular weight excluding hydrogens is 266 g/mol. The Morgan fingerprint density at radius 3 is 2.86 bits per heavy atom. The Labute approximate surface area is 124 Å². The Balaban J connectivity index is 2.03. The van der Waals surface area contributed by atoms with Crippen molar-refractivity contribution >= 4 is 11.7 Å². The van der Waals surface area contributed by atoms with E-state index in [0.29, 0.717) is 11.5 Å². The summed E-state index contributed by atoms with van der Waals surface area (Å²) in [5.41, 5.74) is 1.24. The van der Waals surface area contributed by atoms with E-state index in [1.807, 2.05) is 19.1 Å². The van der Waals surface area contributed by atoms with Gasteiger partial charge in [0.25, 0.3) is 5.91 Å². The molecule has 110 valence electrons. The molecule has 0 fully saturated rings. The highest BCUT2D eigenvalue weighted by Gasteiger charge is 2.13. The standard InChI is InChI=1S/C15H19N5O/c1-3-6-18-14-10-17-9-13(20-14)15(21)19-11(2)12-5-4-7-16-8-12/h4-5,7-11H,3,6H2,1-2H3,(H,18,20)(H,19,21). The van der Waals surface area contributed by atoms with E-state index < -0.39 is 0 Å². The second kappa shape index (κ2) is 7.33. The SMILES string of the molecule is CCCNc1cncc(C(=O)NC(C)c2cccnc2)n1. The number of carbonyl (C=O) groups excluding carboxylic acids is 1. The summed E-state index contributed by atoms with van der Waals surface area (Å²) in [5.74, 6) is 0.359.